The van der Waals surface area contributed by atoms with E-state index in [9.17, 15) is 19.8 Å². The van der Waals surface area contributed by atoms with Crippen molar-refractivity contribution in [2.24, 2.45) is 11.3 Å². The highest BCUT2D eigenvalue weighted by molar-refractivity contribution is 9.12. The molecular weight excluding hydrogens is 336 g/mol. The van der Waals surface area contributed by atoms with Crippen molar-refractivity contribution in [2.75, 3.05) is 0 Å². The van der Waals surface area contributed by atoms with Crippen LogP contribution in [0.15, 0.2) is 52.5 Å². The molecule has 0 spiro atoms. The SMILES string of the molecule is CC1C(C(=O)O)=C(Br)C=CC1(Cc1ccccc1)C(=O)O. The van der Waals surface area contributed by atoms with E-state index < -0.39 is 23.3 Å². The summed E-state index contributed by atoms with van der Waals surface area (Å²) in [5, 5.41) is 19.1. The van der Waals surface area contributed by atoms with Crippen LogP contribution in [0.1, 0.15) is 12.5 Å². The molecule has 0 aliphatic heterocycles. The van der Waals surface area contributed by atoms with Crippen molar-refractivity contribution >= 4 is 27.9 Å². The number of hydrogen-bond acceptors (Lipinski definition) is 2. The first-order valence-corrected chi connectivity index (χ1v) is 7.27. The summed E-state index contributed by atoms with van der Waals surface area (Å²) in [5.74, 6) is -2.77. The second-order valence-electron chi connectivity index (χ2n) is 5.13. The minimum atomic E-state index is -1.26. The molecule has 0 heterocycles. The van der Waals surface area contributed by atoms with Crippen LogP contribution in [0.3, 0.4) is 0 Å². The number of aliphatic carboxylic acids is 2. The van der Waals surface area contributed by atoms with Gasteiger partial charge in [0.25, 0.3) is 0 Å². The van der Waals surface area contributed by atoms with Crippen LogP contribution in [-0.4, -0.2) is 22.2 Å². The number of rotatable bonds is 4. The topological polar surface area (TPSA) is 74.6 Å². The van der Waals surface area contributed by atoms with Gasteiger partial charge >= 0.3 is 11.9 Å². The molecule has 2 unspecified atom stereocenters. The lowest BCUT2D eigenvalue weighted by Gasteiger charge is -2.36. The molecule has 0 fully saturated rings. The van der Waals surface area contributed by atoms with Crippen LogP contribution in [-0.2, 0) is 16.0 Å². The number of halogens is 1. The summed E-state index contributed by atoms with van der Waals surface area (Å²) in [6, 6.07) is 9.23. The molecule has 4 nitrogen and oxygen atoms in total. The van der Waals surface area contributed by atoms with Crippen LogP contribution in [0.2, 0.25) is 0 Å². The lowest BCUT2D eigenvalue weighted by molar-refractivity contribution is -0.148. The molecule has 1 aliphatic rings. The average molecular weight is 351 g/mol. The van der Waals surface area contributed by atoms with Gasteiger partial charge in [-0.3, -0.25) is 4.79 Å². The summed E-state index contributed by atoms with van der Waals surface area (Å²) < 4.78 is 0.424. The van der Waals surface area contributed by atoms with Crippen molar-refractivity contribution in [2.45, 2.75) is 13.3 Å². The molecule has 0 radical (unpaired) electrons. The van der Waals surface area contributed by atoms with Gasteiger partial charge in [0.2, 0.25) is 0 Å². The van der Waals surface area contributed by atoms with Gasteiger partial charge in [0, 0.05) is 10.4 Å². The van der Waals surface area contributed by atoms with Gasteiger partial charge < -0.3 is 10.2 Å². The van der Waals surface area contributed by atoms with E-state index in [0.29, 0.717) is 4.48 Å². The molecule has 0 aromatic heterocycles. The Kier molecular flexibility index (Phi) is 4.32. The maximum Gasteiger partial charge on any atom is 0.333 e. The van der Waals surface area contributed by atoms with Crippen LogP contribution >= 0.6 is 15.9 Å². The Balaban J connectivity index is 2.48. The van der Waals surface area contributed by atoms with Gasteiger partial charge in [0.05, 0.1) is 11.0 Å². The highest BCUT2D eigenvalue weighted by Gasteiger charge is 2.47. The van der Waals surface area contributed by atoms with Crippen LogP contribution in [0.4, 0.5) is 0 Å². The van der Waals surface area contributed by atoms with Crippen LogP contribution in [0.5, 0.6) is 0 Å². The zero-order chi connectivity index (χ0) is 15.6. The summed E-state index contributed by atoms with van der Waals surface area (Å²) in [7, 11) is 0. The first-order chi connectivity index (χ1) is 9.88. The summed E-state index contributed by atoms with van der Waals surface area (Å²) in [4.78, 5) is 23.3. The molecule has 0 saturated carbocycles. The number of carbonyl (C=O) groups is 2. The Morgan fingerprint density at radius 1 is 1.24 bits per heavy atom. The molecule has 2 rings (SSSR count). The predicted octanol–water partition coefficient (Wildman–Crippen LogP) is 3.24. The molecule has 2 N–H and O–H groups in total. The summed E-state index contributed by atoms with van der Waals surface area (Å²) in [6.45, 7) is 1.64. The Bertz CT molecular complexity index is 633. The fourth-order valence-electron chi connectivity index (χ4n) is 2.69. The van der Waals surface area contributed by atoms with E-state index in [-0.39, 0.29) is 12.0 Å². The third-order valence-electron chi connectivity index (χ3n) is 3.96. The normalized spacial score (nSPS) is 25.0. The monoisotopic (exact) mass is 350 g/mol. The number of allylic oxidation sites excluding steroid dienone is 2. The Morgan fingerprint density at radius 3 is 2.38 bits per heavy atom. The van der Waals surface area contributed by atoms with Gasteiger partial charge in [0.1, 0.15) is 0 Å². The van der Waals surface area contributed by atoms with Crippen molar-refractivity contribution in [3.63, 3.8) is 0 Å². The number of carboxylic acids is 2. The van der Waals surface area contributed by atoms with Gasteiger partial charge in [0.15, 0.2) is 0 Å². The van der Waals surface area contributed by atoms with Gasteiger partial charge in [-0.2, -0.15) is 0 Å². The summed E-state index contributed by atoms with van der Waals surface area (Å²) in [6.07, 6.45) is 3.36. The van der Waals surface area contributed by atoms with Crippen molar-refractivity contribution in [3.8, 4) is 0 Å². The van der Waals surface area contributed by atoms with E-state index in [2.05, 4.69) is 15.9 Å². The smallest absolute Gasteiger partial charge is 0.333 e. The van der Waals surface area contributed by atoms with E-state index in [1.165, 1.54) is 6.08 Å². The third kappa shape index (κ3) is 2.78. The standard InChI is InChI=1S/C16H15BrO4/c1-10-13(14(18)19)12(17)7-8-16(10,15(20)21)9-11-5-3-2-4-6-11/h2-8,10H,9H2,1H3,(H,18,19)(H,20,21). The molecule has 0 amide bonds. The zero-order valence-electron chi connectivity index (χ0n) is 11.4. The van der Waals surface area contributed by atoms with Gasteiger partial charge in [-0.1, -0.05) is 65.3 Å². The molecule has 1 aromatic carbocycles. The molecule has 5 heteroatoms. The summed E-state index contributed by atoms with van der Waals surface area (Å²) in [5.41, 5.74) is -0.304. The second kappa shape index (κ2) is 5.85. The lowest BCUT2D eigenvalue weighted by Crippen LogP contribution is -2.41. The molecule has 0 bridgehead atoms. The highest BCUT2D eigenvalue weighted by Crippen LogP contribution is 2.44. The maximum absolute atomic E-state index is 11.9. The van der Waals surface area contributed by atoms with Crippen molar-refractivity contribution in [3.05, 3.63) is 58.1 Å². The molecule has 110 valence electrons. The van der Waals surface area contributed by atoms with Gasteiger partial charge in [-0.25, -0.2) is 4.79 Å². The minimum Gasteiger partial charge on any atom is -0.481 e. The van der Waals surface area contributed by atoms with Crippen molar-refractivity contribution < 1.29 is 19.8 Å². The van der Waals surface area contributed by atoms with Crippen molar-refractivity contribution in [1.29, 1.82) is 0 Å². The second-order valence-corrected chi connectivity index (χ2v) is 5.98. The van der Waals surface area contributed by atoms with Crippen LogP contribution in [0.25, 0.3) is 0 Å². The average Bonchev–Trinajstić information content (AvgIpc) is 2.43. The van der Waals surface area contributed by atoms with Crippen LogP contribution in [0, 0.1) is 11.3 Å². The molecule has 21 heavy (non-hydrogen) atoms. The number of benzene rings is 1. The molecule has 1 aromatic rings. The minimum absolute atomic E-state index is 0.0934. The Labute approximate surface area is 130 Å². The summed E-state index contributed by atoms with van der Waals surface area (Å²) >= 11 is 3.20. The molecule has 0 saturated heterocycles. The largest absolute Gasteiger partial charge is 0.481 e. The number of hydrogen-bond donors (Lipinski definition) is 2. The molecular formula is C16H15BrO4. The van der Waals surface area contributed by atoms with E-state index in [1.807, 2.05) is 30.3 Å². The zero-order valence-corrected chi connectivity index (χ0v) is 13.0. The quantitative estimate of drug-likeness (QED) is 0.873. The van der Waals surface area contributed by atoms with E-state index >= 15 is 0 Å². The fraction of sp³-hybridized carbons (Fsp3) is 0.250. The van der Waals surface area contributed by atoms with E-state index in [0.717, 1.165) is 5.56 Å². The predicted molar refractivity (Wildman–Crippen MR) is 82.1 cm³/mol. The van der Waals surface area contributed by atoms with Crippen molar-refractivity contribution in [1.82, 2.24) is 0 Å². The van der Waals surface area contributed by atoms with Crippen LogP contribution < -0.4 is 0 Å². The lowest BCUT2D eigenvalue weighted by atomic mass is 9.66. The van der Waals surface area contributed by atoms with E-state index in [1.54, 1.807) is 13.0 Å². The first-order valence-electron chi connectivity index (χ1n) is 6.48. The fourth-order valence-corrected chi connectivity index (χ4v) is 3.33. The Hall–Kier alpha value is -1.88. The third-order valence-corrected chi connectivity index (χ3v) is 4.65. The van der Waals surface area contributed by atoms with E-state index in [4.69, 9.17) is 0 Å². The van der Waals surface area contributed by atoms with Gasteiger partial charge in [-0.05, 0) is 12.0 Å². The number of carboxylic acid groups (broad SMARTS) is 2. The Morgan fingerprint density at radius 2 is 1.86 bits per heavy atom. The van der Waals surface area contributed by atoms with Gasteiger partial charge in [-0.15, -0.1) is 0 Å². The highest BCUT2D eigenvalue weighted by atomic mass is 79.9. The maximum atomic E-state index is 11.9. The molecule has 2 atom stereocenters. The first kappa shape index (κ1) is 15.5. The molecule has 1 aliphatic carbocycles.